The number of hydrogen-bond donors (Lipinski definition) is 2. The SMILES string of the molecule is NS(=O)(=O)OC[C@@H]1CC[C@H](Nc2ncncc2C(=O)c2cc(C3OCCc4cnc(Cl)cc43)c(Cl)s2)C1. The molecule has 1 saturated carbocycles. The van der Waals surface area contributed by atoms with Crippen LogP contribution in [-0.2, 0) is 25.6 Å². The molecule has 0 radical (unpaired) electrons. The number of hydrogen-bond acceptors (Lipinski definition) is 10. The van der Waals surface area contributed by atoms with E-state index in [9.17, 15) is 13.2 Å². The third kappa shape index (κ3) is 6.11. The number of ether oxygens (including phenoxy) is 1. The van der Waals surface area contributed by atoms with Crippen LogP contribution in [0.2, 0.25) is 9.49 Å². The van der Waals surface area contributed by atoms with Gasteiger partial charge in [0, 0.05) is 24.0 Å². The number of ketones is 1. The summed E-state index contributed by atoms with van der Waals surface area (Å²) in [6.07, 6.45) is 7.03. The van der Waals surface area contributed by atoms with Gasteiger partial charge in [0.25, 0.3) is 0 Å². The van der Waals surface area contributed by atoms with Crippen LogP contribution < -0.4 is 10.5 Å². The third-order valence-corrected chi connectivity index (χ3v) is 8.51. The number of pyridine rings is 1. The molecule has 1 unspecified atom stereocenters. The summed E-state index contributed by atoms with van der Waals surface area (Å²) < 4.78 is 33.4. The summed E-state index contributed by atoms with van der Waals surface area (Å²) in [4.78, 5) is 26.5. The highest BCUT2D eigenvalue weighted by Gasteiger charge is 2.30. The van der Waals surface area contributed by atoms with Crippen LogP contribution in [0.5, 0.6) is 0 Å². The molecule has 3 aromatic heterocycles. The molecule has 3 atom stereocenters. The lowest BCUT2D eigenvalue weighted by molar-refractivity contribution is 0.0699. The fraction of sp³-hybridized carbons (Fsp3) is 0.391. The second-order valence-electron chi connectivity index (χ2n) is 8.96. The van der Waals surface area contributed by atoms with Crippen molar-refractivity contribution < 1.29 is 22.1 Å². The van der Waals surface area contributed by atoms with Crippen LogP contribution in [0.4, 0.5) is 5.82 Å². The van der Waals surface area contributed by atoms with Crippen LogP contribution in [0, 0.1) is 5.92 Å². The number of anilines is 1. The molecule has 1 aliphatic heterocycles. The van der Waals surface area contributed by atoms with Gasteiger partial charge in [0.05, 0.1) is 28.0 Å². The molecule has 3 N–H and O–H groups in total. The van der Waals surface area contributed by atoms with Gasteiger partial charge in [-0.2, -0.15) is 8.42 Å². The Morgan fingerprint density at radius 1 is 1.22 bits per heavy atom. The molecule has 4 heterocycles. The summed E-state index contributed by atoms with van der Waals surface area (Å²) in [6, 6.07) is 3.51. The smallest absolute Gasteiger partial charge is 0.333 e. The molecule has 1 aliphatic carbocycles. The van der Waals surface area contributed by atoms with Gasteiger partial charge in [-0.05, 0) is 54.9 Å². The van der Waals surface area contributed by atoms with Gasteiger partial charge in [0.2, 0.25) is 5.78 Å². The summed E-state index contributed by atoms with van der Waals surface area (Å²) >= 11 is 13.9. The van der Waals surface area contributed by atoms with Gasteiger partial charge in [-0.25, -0.2) is 20.1 Å². The van der Waals surface area contributed by atoms with Crippen molar-refractivity contribution in [2.75, 3.05) is 18.5 Å². The van der Waals surface area contributed by atoms with E-state index in [-0.39, 0.29) is 24.3 Å². The molecule has 3 aromatic rings. The summed E-state index contributed by atoms with van der Waals surface area (Å²) in [5.41, 5.74) is 2.92. The first-order valence-corrected chi connectivity index (χ1v) is 14.6. The van der Waals surface area contributed by atoms with Crippen LogP contribution in [0.25, 0.3) is 0 Å². The molecule has 0 bridgehead atoms. The van der Waals surface area contributed by atoms with Crippen LogP contribution in [-0.4, -0.2) is 48.4 Å². The lowest BCUT2D eigenvalue weighted by atomic mass is 9.96. The minimum atomic E-state index is -3.98. The van der Waals surface area contributed by atoms with E-state index in [0.717, 1.165) is 30.4 Å². The quantitative estimate of drug-likeness (QED) is 0.297. The highest BCUT2D eigenvalue weighted by Crippen LogP contribution is 2.41. The Morgan fingerprint density at radius 3 is 2.86 bits per heavy atom. The van der Waals surface area contributed by atoms with Gasteiger partial charge in [0.1, 0.15) is 23.4 Å². The zero-order chi connectivity index (χ0) is 26.2. The Balaban J connectivity index is 1.34. The number of nitrogens with one attached hydrogen (secondary N) is 1. The number of nitrogens with zero attached hydrogens (tertiary/aromatic N) is 3. The number of thiophene rings is 1. The van der Waals surface area contributed by atoms with E-state index >= 15 is 0 Å². The molecular weight excluding hydrogens is 561 g/mol. The molecule has 5 rings (SSSR count). The van der Waals surface area contributed by atoms with Crippen molar-refractivity contribution in [1.29, 1.82) is 0 Å². The van der Waals surface area contributed by atoms with E-state index in [4.69, 9.17) is 37.3 Å². The van der Waals surface area contributed by atoms with Crippen LogP contribution >= 0.6 is 34.5 Å². The Hall–Kier alpha value is -2.19. The largest absolute Gasteiger partial charge is 0.368 e. The summed E-state index contributed by atoms with van der Waals surface area (Å²) in [6.45, 7) is 0.526. The summed E-state index contributed by atoms with van der Waals surface area (Å²) in [5.74, 6) is 0.163. The number of carbonyl (C=O) groups is 1. The molecule has 0 saturated heterocycles. The standard InChI is InChI=1S/C23H23Cl2N5O5S2/c24-19-7-15-13(8-28-19)3-4-34-21(15)16-6-18(36-22(16)25)20(31)17-9-27-11-29-23(17)30-14-2-1-12(5-14)10-35-37(26,32)33/h6-9,11-12,14,21H,1-5,10H2,(H2,26,32,33)(H,27,29,30)/t12-,14+,21?/m1/s1. The van der Waals surface area contributed by atoms with E-state index in [0.29, 0.717) is 44.3 Å². The minimum Gasteiger partial charge on any atom is -0.368 e. The van der Waals surface area contributed by atoms with Gasteiger partial charge >= 0.3 is 10.3 Å². The van der Waals surface area contributed by atoms with Crippen molar-refractivity contribution in [3.05, 3.63) is 67.5 Å². The zero-order valence-corrected chi connectivity index (χ0v) is 22.5. The van der Waals surface area contributed by atoms with Crippen molar-refractivity contribution >= 4 is 56.4 Å². The molecule has 37 heavy (non-hydrogen) atoms. The number of nitrogens with two attached hydrogens (primary N) is 1. The Labute approximate surface area is 227 Å². The average Bonchev–Trinajstić information content (AvgIpc) is 3.48. The lowest BCUT2D eigenvalue weighted by Gasteiger charge is -2.25. The third-order valence-electron chi connectivity index (χ3n) is 6.45. The molecule has 2 aliphatic rings. The maximum absolute atomic E-state index is 13.5. The molecule has 0 amide bonds. The second-order valence-corrected chi connectivity index (χ2v) is 12.2. The molecule has 0 aromatic carbocycles. The monoisotopic (exact) mass is 583 g/mol. The van der Waals surface area contributed by atoms with Crippen LogP contribution in [0.1, 0.15) is 57.3 Å². The highest BCUT2D eigenvalue weighted by molar-refractivity contribution is 7.84. The zero-order valence-electron chi connectivity index (χ0n) is 19.4. The van der Waals surface area contributed by atoms with Crippen molar-refractivity contribution in [2.24, 2.45) is 11.1 Å². The van der Waals surface area contributed by atoms with E-state index < -0.39 is 16.4 Å². The van der Waals surface area contributed by atoms with Crippen molar-refractivity contribution in [2.45, 2.75) is 37.8 Å². The maximum Gasteiger partial charge on any atom is 0.333 e. The predicted molar refractivity (Wildman–Crippen MR) is 139 cm³/mol. The maximum atomic E-state index is 13.5. The van der Waals surface area contributed by atoms with Crippen LogP contribution in [0.3, 0.4) is 0 Å². The number of halogens is 2. The number of aromatic nitrogens is 3. The van der Waals surface area contributed by atoms with Crippen molar-refractivity contribution in [1.82, 2.24) is 15.0 Å². The first-order chi connectivity index (χ1) is 17.7. The van der Waals surface area contributed by atoms with Gasteiger partial charge in [-0.1, -0.05) is 23.2 Å². The molecule has 196 valence electrons. The van der Waals surface area contributed by atoms with Crippen LogP contribution in [0.15, 0.2) is 30.9 Å². The molecule has 10 nitrogen and oxygen atoms in total. The first kappa shape index (κ1) is 26.4. The topological polar surface area (TPSA) is 146 Å². The Morgan fingerprint density at radius 2 is 2.05 bits per heavy atom. The molecule has 1 fully saturated rings. The second kappa shape index (κ2) is 10.9. The predicted octanol–water partition coefficient (Wildman–Crippen LogP) is 3.93. The van der Waals surface area contributed by atoms with E-state index in [1.165, 1.54) is 23.9 Å². The fourth-order valence-electron chi connectivity index (χ4n) is 4.72. The first-order valence-electron chi connectivity index (χ1n) is 11.5. The molecule has 0 spiro atoms. The van der Waals surface area contributed by atoms with E-state index in [1.807, 2.05) is 0 Å². The number of carbonyl (C=O) groups excluding carboxylic acids is 1. The summed E-state index contributed by atoms with van der Waals surface area (Å²) in [5, 5.41) is 8.59. The normalized spacial score (nSPS) is 21.5. The van der Waals surface area contributed by atoms with Gasteiger partial charge in [-0.15, -0.1) is 11.3 Å². The minimum absolute atomic E-state index is 0.0106. The van der Waals surface area contributed by atoms with Gasteiger partial charge in [0.15, 0.2) is 0 Å². The fourth-order valence-corrected chi connectivity index (χ4v) is 6.54. The van der Waals surface area contributed by atoms with E-state index in [1.54, 1.807) is 18.3 Å². The highest BCUT2D eigenvalue weighted by atomic mass is 35.5. The van der Waals surface area contributed by atoms with Crippen molar-refractivity contribution in [3.8, 4) is 0 Å². The Kier molecular flexibility index (Phi) is 7.78. The number of fused-ring (bicyclic) bond motifs is 1. The average molecular weight is 585 g/mol. The molecular formula is C23H23Cl2N5O5S2. The van der Waals surface area contributed by atoms with Gasteiger partial charge < -0.3 is 10.1 Å². The van der Waals surface area contributed by atoms with E-state index in [2.05, 4.69) is 20.3 Å². The van der Waals surface area contributed by atoms with Gasteiger partial charge in [-0.3, -0.25) is 8.98 Å². The number of rotatable bonds is 8. The van der Waals surface area contributed by atoms with Crippen molar-refractivity contribution in [3.63, 3.8) is 0 Å². The molecule has 14 heteroatoms. The Bertz CT molecular complexity index is 1430. The lowest BCUT2D eigenvalue weighted by Crippen LogP contribution is -2.22. The summed E-state index contributed by atoms with van der Waals surface area (Å²) in [7, 11) is -3.98.